The van der Waals surface area contributed by atoms with Crippen LogP contribution in [0.3, 0.4) is 0 Å². The van der Waals surface area contributed by atoms with Crippen molar-refractivity contribution in [3.05, 3.63) is 0 Å². The van der Waals surface area contributed by atoms with Gasteiger partial charge >= 0.3 is 11.9 Å². The molecule has 0 radical (unpaired) electrons. The topological polar surface area (TPSA) is 93.1 Å². The lowest BCUT2D eigenvalue weighted by Crippen LogP contribution is -2.30. The molecule has 0 aliphatic carbocycles. The summed E-state index contributed by atoms with van der Waals surface area (Å²) >= 11 is 0. The molecule has 0 heterocycles. The molecular formula is C18H34O6. The summed E-state index contributed by atoms with van der Waals surface area (Å²) in [6.45, 7) is 8.46. The molecule has 0 aliphatic rings. The molecule has 142 valence electrons. The number of aliphatic carboxylic acids is 2. The second-order valence-corrected chi connectivity index (χ2v) is 7.20. The maximum Gasteiger partial charge on any atom is 0.336 e. The molecule has 24 heavy (non-hydrogen) atoms. The Morgan fingerprint density at radius 2 is 0.958 bits per heavy atom. The first-order valence-electron chi connectivity index (χ1n) is 9.01. The van der Waals surface area contributed by atoms with Gasteiger partial charge in [0.05, 0.1) is 0 Å². The second kappa shape index (κ2) is 13.2. The van der Waals surface area contributed by atoms with Gasteiger partial charge in [-0.3, -0.25) is 0 Å². The smallest absolute Gasteiger partial charge is 0.336 e. The number of unbranched alkanes of at least 4 members (excludes halogenated alkanes) is 2. The lowest BCUT2D eigenvalue weighted by molar-refractivity contribution is -0.343. The first-order valence-corrected chi connectivity index (χ1v) is 9.01. The molecule has 0 rings (SSSR count). The van der Waals surface area contributed by atoms with Crippen LogP contribution in [0.5, 0.6) is 0 Å². The van der Waals surface area contributed by atoms with Crippen molar-refractivity contribution in [2.24, 2.45) is 11.8 Å². The van der Waals surface area contributed by atoms with E-state index in [0.29, 0.717) is 37.5 Å². The van der Waals surface area contributed by atoms with Crippen molar-refractivity contribution in [2.45, 2.75) is 91.3 Å². The predicted octanol–water partition coefficient (Wildman–Crippen LogP) is 4.27. The quantitative estimate of drug-likeness (QED) is 0.261. The van der Waals surface area contributed by atoms with Crippen molar-refractivity contribution in [3.63, 3.8) is 0 Å². The normalized spacial score (nSPS) is 14.1. The third-order valence-electron chi connectivity index (χ3n) is 3.83. The second-order valence-electron chi connectivity index (χ2n) is 7.20. The Kier molecular flexibility index (Phi) is 12.6. The number of rotatable bonds is 15. The van der Waals surface area contributed by atoms with Crippen LogP contribution in [0, 0.1) is 11.8 Å². The summed E-state index contributed by atoms with van der Waals surface area (Å²) in [6, 6.07) is 0. The lowest BCUT2D eigenvalue weighted by Gasteiger charge is -2.17. The lowest BCUT2D eigenvalue weighted by atomic mass is 10.0. The Balaban J connectivity index is 4.20. The van der Waals surface area contributed by atoms with Crippen molar-refractivity contribution in [1.29, 1.82) is 0 Å². The number of carbonyl (C=O) groups is 2. The van der Waals surface area contributed by atoms with E-state index in [0.717, 1.165) is 25.7 Å². The summed E-state index contributed by atoms with van der Waals surface area (Å²) in [5, 5.41) is 18.3. The minimum absolute atomic E-state index is 0.321. The van der Waals surface area contributed by atoms with Crippen LogP contribution in [0.15, 0.2) is 0 Å². The minimum Gasteiger partial charge on any atom is -0.479 e. The van der Waals surface area contributed by atoms with Crippen LogP contribution in [0.2, 0.25) is 0 Å². The molecule has 2 atom stereocenters. The fourth-order valence-electron chi connectivity index (χ4n) is 2.32. The zero-order valence-electron chi connectivity index (χ0n) is 15.5. The van der Waals surface area contributed by atoms with Gasteiger partial charge in [0, 0.05) is 0 Å². The largest absolute Gasteiger partial charge is 0.479 e. The van der Waals surface area contributed by atoms with Crippen LogP contribution < -0.4 is 0 Å². The van der Waals surface area contributed by atoms with Gasteiger partial charge < -0.3 is 10.2 Å². The monoisotopic (exact) mass is 346 g/mol. The van der Waals surface area contributed by atoms with E-state index in [2.05, 4.69) is 27.7 Å². The highest BCUT2D eigenvalue weighted by molar-refractivity contribution is 5.73. The summed E-state index contributed by atoms with van der Waals surface area (Å²) in [5.74, 6) is -1.09. The summed E-state index contributed by atoms with van der Waals surface area (Å²) in [6.07, 6.45) is 3.73. The molecule has 6 nitrogen and oxygen atoms in total. The van der Waals surface area contributed by atoms with Gasteiger partial charge in [0.25, 0.3) is 0 Å². The first-order chi connectivity index (χ1) is 11.2. The molecule has 0 aromatic carbocycles. The summed E-state index contributed by atoms with van der Waals surface area (Å²) in [5.41, 5.74) is 0. The van der Waals surface area contributed by atoms with E-state index < -0.39 is 24.1 Å². The fourth-order valence-corrected chi connectivity index (χ4v) is 2.32. The highest BCUT2D eigenvalue weighted by atomic mass is 17.2. The van der Waals surface area contributed by atoms with Gasteiger partial charge in [0.2, 0.25) is 0 Å². The average Bonchev–Trinajstić information content (AvgIpc) is 2.46. The maximum absolute atomic E-state index is 11.2. The van der Waals surface area contributed by atoms with E-state index >= 15 is 0 Å². The summed E-state index contributed by atoms with van der Waals surface area (Å²) in [4.78, 5) is 32.2. The Labute approximate surface area is 145 Å². The minimum atomic E-state index is -1.12. The van der Waals surface area contributed by atoms with Crippen LogP contribution in [0.25, 0.3) is 0 Å². The van der Waals surface area contributed by atoms with Crippen molar-refractivity contribution in [2.75, 3.05) is 0 Å². The number of hydrogen-bond donors (Lipinski definition) is 2. The van der Waals surface area contributed by atoms with Gasteiger partial charge in [0.15, 0.2) is 12.2 Å². The van der Waals surface area contributed by atoms with E-state index in [9.17, 15) is 9.59 Å². The van der Waals surface area contributed by atoms with Gasteiger partial charge in [-0.05, 0) is 24.7 Å². The number of carboxylic acid groups (broad SMARTS) is 2. The third kappa shape index (κ3) is 12.3. The molecule has 0 amide bonds. The SMILES string of the molecule is CC(C)CCCCC(OOC(CCCCC(C)C)C(=O)O)C(=O)O. The van der Waals surface area contributed by atoms with Crippen LogP contribution in [0.4, 0.5) is 0 Å². The van der Waals surface area contributed by atoms with E-state index in [1.54, 1.807) is 0 Å². The molecule has 0 aromatic heterocycles. The van der Waals surface area contributed by atoms with E-state index in [4.69, 9.17) is 20.0 Å². The molecule has 6 heteroatoms. The van der Waals surface area contributed by atoms with Gasteiger partial charge in [-0.2, -0.15) is 0 Å². The molecule has 0 aliphatic heterocycles. The molecule has 0 fully saturated rings. The molecule has 2 N–H and O–H groups in total. The van der Waals surface area contributed by atoms with Crippen LogP contribution in [-0.2, 0) is 19.4 Å². The van der Waals surface area contributed by atoms with E-state index in [1.165, 1.54) is 0 Å². The molecule has 0 bridgehead atoms. The highest BCUT2D eigenvalue weighted by Gasteiger charge is 2.25. The molecule has 0 saturated heterocycles. The molecule has 0 spiro atoms. The molecule has 0 aromatic rings. The van der Waals surface area contributed by atoms with E-state index in [-0.39, 0.29) is 0 Å². The van der Waals surface area contributed by atoms with Gasteiger partial charge in [-0.15, -0.1) is 0 Å². The molecule has 2 unspecified atom stereocenters. The molecular weight excluding hydrogens is 312 g/mol. The van der Waals surface area contributed by atoms with E-state index in [1.807, 2.05) is 0 Å². The first kappa shape index (κ1) is 22.9. The third-order valence-corrected chi connectivity index (χ3v) is 3.83. The van der Waals surface area contributed by atoms with Crippen LogP contribution in [-0.4, -0.2) is 34.4 Å². The number of carboxylic acids is 2. The Hall–Kier alpha value is -1.14. The van der Waals surface area contributed by atoms with Gasteiger partial charge in [-0.25, -0.2) is 19.4 Å². The highest BCUT2D eigenvalue weighted by Crippen LogP contribution is 2.15. The Morgan fingerprint density at radius 3 is 1.21 bits per heavy atom. The van der Waals surface area contributed by atoms with Crippen molar-refractivity contribution in [1.82, 2.24) is 0 Å². The van der Waals surface area contributed by atoms with Gasteiger partial charge in [0.1, 0.15) is 0 Å². The summed E-state index contributed by atoms with van der Waals surface area (Å²) in [7, 11) is 0. The Bertz CT molecular complexity index is 319. The van der Waals surface area contributed by atoms with Crippen LogP contribution in [0.1, 0.15) is 79.1 Å². The fraction of sp³-hybridized carbons (Fsp3) is 0.889. The van der Waals surface area contributed by atoms with Crippen LogP contribution >= 0.6 is 0 Å². The average molecular weight is 346 g/mol. The zero-order chi connectivity index (χ0) is 18.5. The molecule has 0 saturated carbocycles. The Morgan fingerprint density at radius 1 is 0.667 bits per heavy atom. The zero-order valence-corrected chi connectivity index (χ0v) is 15.5. The van der Waals surface area contributed by atoms with Gasteiger partial charge in [-0.1, -0.05) is 66.2 Å². The predicted molar refractivity (Wildman–Crippen MR) is 91.6 cm³/mol. The standard InChI is InChI=1S/C18H34O6/c1-13(2)9-5-7-11-15(17(19)20)23-24-16(18(21)22)12-8-6-10-14(3)4/h13-16H,5-12H2,1-4H3,(H,19,20)(H,21,22). The van der Waals surface area contributed by atoms with Crippen molar-refractivity contribution in [3.8, 4) is 0 Å². The maximum atomic E-state index is 11.2. The number of hydrogen-bond acceptors (Lipinski definition) is 4. The van der Waals surface area contributed by atoms with Crippen molar-refractivity contribution >= 4 is 11.9 Å². The summed E-state index contributed by atoms with van der Waals surface area (Å²) < 4.78 is 0. The van der Waals surface area contributed by atoms with Crippen molar-refractivity contribution < 1.29 is 29.6 Å².